The van der Waals surface area contributed by atoms with Crippen molar-refractivity contribution >= 4 is 11.8 Å². The SMILES string of the molecule is Cc1cccc(C(=O)NNC(=O)[C@@H](C)Oc2ccc(C(C)C)cc2)c1. The van der Waals surface area contributed by atoms with Crippen LogP contribution < -0.4 is 15.6 Å². The maximum Gasteiger partial charge on any atom is 0.279 e. The molecule has 0 spiro atoms. The van der Waals surface area contributed by atoms with Crippen LogP contribution in [0.4, 0.5) is 0 Å². The smallest absolute Gasteiger partial charge is 0.279 e. The molecule has 2 rings (SSSR count). The van der Waals surface area contributed by atoms with Gasteiger partial charge in [-0.05, 0) is 49.6 Å². The summed E-state index contributed by atoms with van der Waals surface area (Å²) in [7, 11) is 0. The summed E-state index contributed by atoms with van der Waals surface area (Å²) >= 11 is 0. The van der Waals surface area contributed by atoms with Crippen LogP contribution in [0.3, 0.4) is 0 Å². The Morgan fingerprint density at radius 2 is 1.64 bits per heavy atom. The van der Waals surface area contributed by atoms with Crippen molar-refractivity contribution in [2.75, 3.05) is 0 Å². The molecule has 5 nitrogen and oxygen atoms in total. The molecule has 2 aromatic carbocycles. The van der Waals surface area contributed by atoms with Gasteiger partial charge in [0.25, 0.3) is 11.8 Å². The van der Waals surface area contributed by atoms with Gasteiger partial charge in [0, 0.05) is 5.56 Å². The Morgan fingerprint density at radius 1 is 0.960 bits per heavy atom. The van der Waals surface area contributed by atoms with E-state index in [1.807, 2.05) is 37.3 Å². The third-order valence-corrected chi connectivity index (χ3v) is 3.81. The maximum absolute atomic E-state index is 12.1. The van der Waals surface area contributed by atoms with Gasteiger partial charge in [0.2, 0.25) is 0 Å². The summed E-state index contributed by atoms with van der Waals surface area (Å²) in [6.45, 7) is 7.76. The summed E-state index contributed by atoms with van der Waals surface area (Å²) in [6, 6.07) is 14.8. The van der Waals surface area contributed by atoms with Gasteiger partial charge in [0.1, 0.15) is 5.75 Å². The molecule has 0 aliphatic carbocycles. The van der Waals surface area contributed by atoms with Crippen LogP contribution in [0, 0.1) is 6.92 Å². The second-order valence-corrected chi connectivity index (χ2v) is 6.30. The molecule has 5 heteroatoms. The number of nitrogens with one attached hydrogen (secondary N) is 2. The van der Waals surface area contributed by atoms with E-state index in [1.165, 1.54) is 5.56 Å². The number of aryl methyl sites for hydroxylation is 1. The van der Waals surface area contributed by atoms with Gasteiger partial charge in [-0.2, -0.15) is 0 Å². The van der Waals surface area contributed by atoms with Gasteiger partial charge in [-0.1, -0.05) is 43.7 Å². The van der Waals surface area contributed by atoms with Crippen LogP contribution in [0.2, 0.25) is 0 Å². The van der Waals surface area contributed by atoms with E-state index in [4.69, 9.17) is 4.74 Å². The summed E-state index contributed by atoms with van der Waals surface area (Å²) in [4.78, 5) is 24.1. The number of hydrogen-bond donors (Lipinski definition) is 2. The summed E-state index contributed by atoms with van der Waals surface area (Å²) < 4.78 is 5.60. The first-order valence-electron chi connectivity index (χ1n) is 8.30. The zero-order chi connectivity index (χ0) is 18.4. The number of benzene rings is 2. The molecule has 25 heavy (non-hydrogen) atoms. The van der Waals surface area contributed by atoms with Gasteiger partial charge < -0.3 is 4.74 Å². The molecule has 0 radical (unpaired) electrons. The molecule has 0 aliphatic rings. The van der Waals surface area contributed by atoms with Crippen LogP contribution in [0.25, 0.3) is 0 Å². The van der Waals surface area contributed by atoms with Crippen molar-refractivity contribution in [3.63, 3.8) is 0 Å². The molecular formula is C20H24N2O3. The highest BCUT2D eigenvalue weighted by Crippen LogP contribution is 2.19. The molecule has 132 valence electrons. The molecule has 0 aromatic heterocycles. The van der Waals surface area contributed by atoms with E-state index in [0.29, 0.717) is 17.2 Å². The van der Waals surface area contributed by atoms with Crippen molar-refractivity contribution < 1.29 is 14.3 Å². The van der Waals surface area contributed by atoms with Gasteiger partial charge in [0.05, 0.1) is 0 Å². The topological polar surface area (TPSA) is 67.4 Å². The monoisotopic (exact) mass is 340 g/mol. The Morgan fingerprint density at radius 3 is 2.24 bits per heavy atom. The van der Waals surface area contributed by atoms with E-state index >= 15 is 0 Å². The van der Waals surface area contributed by atoms with Gasteiger partial charge >= 0.3 is 0 Å². The highest BCUT2D eigenvalue weighted by Gasteiger charge is 2.16. The molecule has 0 fully saturated rings. The maximum atomic E-state index is 12.1. The lowest BCUT2D eigenvalue weighted by Crippen LogP contribution is -2.47. The predicted octanol–water partition coefficient (Wildman–Crippen LogP) is 3.35. The van der Waals surface area contributed by atoms with E-state index in [9.17, 15) is 9.59 Å². The molecule has 0 bridgehead atoms. The molecule has 2 N–H and O–H groups in total. The van der Waals surface area contributed by atoms with Crippen molar-refractivity contribution in [3.05, 3.63) is 65.2 Å². The first-order valence-corrected chi connectivity index (χ1v) is 8.30. The summed E-state index contributed by atoms with van der Waals surface area (Å²) in [6.07, 6.45) is -0.734. The highest BCUT2D eigenvalue weighted by molar-refractivity contribution is 5.95. The Kier molecular flexibility index (Phi) is 6.17. The average Bonchev–Trinajstić information content (AvgIpc) is 2.59. The molecule has 2 amide bonds. The number of carbonyl (C=O) groups excluding carboxylic acids is 2. The minimum atomic E-state index is -0.734. The van der Waals surface area contributed by atoms with E-state index in [-0.39, 0.29) is 5.91 Å². The van der Waals surface area contributed by atoms with Gasteiger partial charge in [0.15, 0.2) is 6.10 Å². The fourth-order valence-electron chi connectivity index (χ4n) is 2.27. The standard InChI is InChI=1S/C20H24N2O3/c1-13(2)16-8-10-18(11-9-16)25-15(4)19(23)21-22-20(24)17-7-5-6-14(3)12-17/h5-13,15H,1-4H3,(H,21,23)(H,22,24)/t15-/m1/s1. The van der Waals surface area contributed by atoms with E-state index < -0.39 is 12.0 Å². The van der Waals surface area contributed by atoms with Crippen molar-refractivity contribution in [2.45, 2.75) is 39.7 Å². The normalized spacial score (nSPS) is 11.7. The lowest BCUT2D eigenvalue weighted by molar-refractivity contribution is -0.128. The van der Waals surface area contributed by atoms with Gasteiger partial charge in [-0.25, -0.2) is 0 Å². The largest absolute Gasteiger partial charge is 0.481 e. The molecule has 0 heterocycles. The van der Waals surface area contributed by atoms with E-state index in [1.54, 1.807) is 25.1 Å². The van der Waals surface area contributed by atoms with Crippen molar-refractivity contribution in [2.24, 2.45) is 0 Å². The zero-order valence-corrected chi connectivity index (χ0v) is 15.0. The van der Waals surface area contributed by atoms with Crippen LogP contribution in [0.1, 0.15) is 48.2 Å². The lowest BCUT2D eigenvalue weighted by Gasteiger charge is -2.16. The third-order valence-electron chi connectivity index (χ3n) is 3.81. The van der Waals surface area contributed by atoms with E-state index in [2.05, 4.69) is 24.7 Å². The fraction of sp³-hybridized carbons (Fsp3) is 0.300. The summed E-state index contributed by atoms with van der Waals surface area (Å²) in [5, 5.41) is 0. The highest BCUT2D eigenvalue weighted by atomic mass is 16.5. The Labute approximate surface area is 148 Å². The van der Waals surface area contributed by atoms with Crippen molar-refractivity contribution in [1.29, 1.82) is 0 Å². The fourth-order valence-corrected chi connectivity index (χ4v) is 2.27. The van der Waals surface area contributed by atoms with Crippen LogP contribution in [0.15, 0.2) is 48.5 Å². The number of ether oxygens (including phenoxy) is 1. The molecule has 1 atom stereocenters. The molecule has 0 saturated heterocycles. The molecule has 0 saturated carbocycles. The molecule has 0 unspecified atom stereocenters. The first-order chi connectivity index (χ1) is 11.9. The Balaban J connectivity index is 1.86. The third kappa shape index (κ3) is 5.35. The summed E-state index contributed by atoms with van der Waals surface area (Å²) in [5.41, 5.74) is 7.45. The number of amides is 2. The first kappa shape index (κ1) is 18.5. The Bertz CT molecular complexity index is 739. The second-order valence-electron chi connectivity index (χ2n) is 6.30. The van der Waals surface area contributed by atoms with E-state index in [0.717, 1.165) is 5.56 Å². The number of carbonyl (C=O) groups is 2. The van der Waals surface area contributed by atoms with Crippen LogP contribution in [-0.2, 0) is 4.79 Å². The lowest BCUT2D eigenvalue weighted by atomic mass is 10.0. The quantitative estimate of drug-likeness (QED) is 0.820. The van der Waals surface area contributed by atoms with Gasteiger partial charge in [-0.15, -0.1) is 0 Å². The number of rotatable bonds is 5. The molecule has 2 aromatic rings. The molecule has 0 aliphatic heterocycles. The van der Waals surface area contributed by atoms with Crippen LogP contribution in [0.5, 0.6) is 5.75 Å². The summed E-state index contributed by atoms with van der Waals surface area (Å²) in [5.74, 6) is 0.253. The molecular weight excluding hydrogens is 316 g/mol. The minimum absolute atomic E-state index is 0.370. The van der Waals surface area contributed by atoms with Crippen LogP contribution >= 0.6 is 0 Å². The van der Waals surface area contributed by atoms with Crippen molar-refractivity contribution in [1.82, 2.24) is 10.9 Å². The minimum Gasteiger partial charge on any atom is -0.481 e. The zero-order valence-electron chi connectivity index (χ0n) is 15.0. The average molecular weight is 340 g/mol. The number of hydrazine groups is 1. The Hall–Kier alpha value is -2.82. The number of hydrogen-bond acceptors (Lipinski definition) is 3. The second kappa shape index (κ2) is 8.33. The van der Waals surface area contributed by atoms with Crippen LogP contribution in [-0.4, -0.2) is 17.9 Å². The predicted molar refractivity (Wildman–Crippen MR) is 97.4 cm³/mol. The van der Waals surface area contributed by atoms with Crippen molar-refractivity contribution in [3.8, 4) is 5.75 Å². The van der Waals surface area contributed by atoms with Gasteiger partial charge in [-0.3, -0.25) is 20.4 Å².